The van der Waals surface area contributed by atoms with Crippen molar-refractivity contribution in [3.8, 4) is 5.75 Å². The van der Waals surface area contributed by atoms with Crippen molar-refractivity contribution in [2.45, 2.75) is 13.5 Å². The molecule has 84 valence electrons. The van der Waals surface area contributed by atoms with Crippen LogP contribution < -0.4 is 10.1 Å². The van der Waals surface area contributed by atoms with E-state index in [4.69, 9.17) is 9.15 Å². The zero-order chi connectivity index (χ0) is 11.2. The van der Waals surface area contributed by atoms with Crippen molar-refractivity contribution in [2.75, 3.05) is 11.9 Å². The number of hydrogen-bond acceptors (Lipinski definition) is 4. The molecule has 0 saturated carbocycles. The van der Waals surface area contributed by atoms with Crippen LogP contribution in [0.15, 0.2) is 41.3 Å². The largest absolute Gasteiger partial charge is 0.492 e. The van der Waals surface area contributed by atoms with Crippen molar-refractivity contribution in [3.63, 3.8) is 0 Å². The predicted octanol–water partition coefficient (Wildman–Crippen LogP) is 2.69. The van der Waals surface area contributed by atoms with Gasteiger partial charge in [-0.05, 0) is 19.1 Å². The average Bonchev–Trinajstić information content (AvgIpc) is 2.81. The first kappa shape index (κ1) is 10.5. The van der Waals surface area contributed by atoms with Gasteiger partial charge >= 0.3 is 0 Å². The minimum Gasteiger partial charge on any atom is -0.492 e. The zero-order valence-electron chi connectivity index (χ0n) is 9.14. The molecule has 16 heavy (non-hydrogen) atoms. The molecule has 1 aromatic heterocycles. The summed E-state index contributed by atoms with van der Waals surface area (Å²) in [5.74, 6) is 1.65. The Morgan fingerprint density at radius 1 is 1.38 bits per heavy atom. The lowest BCUT2D eigenvalue weighted by atomic mass is 10.3. The van der Waals surface area contributed by atoms with Crippen LogP contribution in [0.4, 0.5) is 5.69 Å². The van der Waals surface area contributed by atoms with Crippen LogP contribution in [0.25, 0.3) is 0 Å². The molecule has 0 saturated heterocycles. The molecule has 0 aliphatic heterocycles. The maximum Gasteiger partial charge on any atom is 0.180 e. The molecule has 2 rings (SSSR count). The summed E-state index contributed by atoms with van der Waals surface area (Å²) in [7, 11) is 0. The van der Waals surface area contributed by atoms with Gasteiger partial charge in [0.05, 0.1) is 25.0 Å². The molecular weight excluding hydrogens is 204 g/mol. The third-order valence-electron chi connectivity index (χ3n) is 2.12. The maximum atomic E-state index is 5.50. The number of hydrogen-bond donors (Lipinski definition) is 1. The van der Waals surface area contributed by atoms with E-state index in [1.165, 1.54) is 6.39 Å². The smallest absolute Gasteiger partial charge is 0.180 e. The highest BCUT2D eigenvalue weighted by molar-refractivity contribution is 5.56. The lowest BCUT2D eigenvalue weighted by Gasteiger charge is -2.10. The first-order chi connectivity index (χ1) is 7.90. The summed E-state index contributed by atoms with van der Waals surface area (Å²) >= 11 is 0. The zero-order valence-corrected chi connectivity index (χ0v) is 9.14. The Labute approximate surface area is 94.3 Å². The molecule has 1 heterocycles. The van der Waals surface area contributed by atoms with E-state index in [9.17, 15) is 0 Å². The highest BCUT2D eigenvalue weighted by atomic mass is 16.5. The van der Waals surface area contributed by atoms with E-state index in [2.05, 4.69) is 10.3 Å². The predicted molar refractivity (Wildman–Crippen MR) is 61.4 cm³/mol. The molecule has 2 aromatic rings. The van der Waals surface area contributed by atoms with E-state index >= 15 is 0 Å². The number of rotatable bonds is 5. The first-order valence-electron chi connectivity index (χ1n) is 5.23. The Morgan fingerprint density at radius 2 is 2.25 bits per heavy atom. The second kappa shape index (κ2) is 5.21. The van der Waals surface area contributed by atoms with Crippen LogP contribution in [-0.4, -0.2) is 11.6 Å². The van der Waals surface area contributed by atoms with Gasteiger partial charge in [0.2, 0.25) is 0 Å². The van der Waals surface area contributed by atoms with Crippen molar-refractivity contribution >= 4 is 5.69 Å². The summed E-state index contributed by atoms with van der Waals surface area (Å²) < 4.78 is 10.6. The van der Waals surface area contributed by atoms with Crippen LogP contribution in [-0.2, 0) is 6.54 Å². The second-order valence-corrected chi connectivity index (χ2v) is 3.25. The van der Waals surface area contributed by atoms with Crippen molar-refractivity contribution in [2.24, 2.45) is 0 Å². The molecule has 0 unspecified atom stereocenters. The topological polar surface area (TPSA) is 47.3 Å². The minimum absolute atomic E-state index is 0.601. The highest BCUT2D eigenvalue weighted by Gasteiger charge is 2.02. The molecule has 0 radical (unpaired) electrons. The molecule has 0 spiro atoms. The number of ether oxygens (including phenoxy) is 1. The SMILES string of the molecule is CCOc1ccccc1NCc1cnco1. The monoisotopic (exact) mass is 218 g/mol. The maximum absolute atomic E-state index is 5.50. The molecule has 0 aliphatic rings. The van der Waals surface area contributed by atoms with E-state index in [1.807, 2.05) is 31.2 Å². The summed E-state index contributed by atoms with van der Waals surface area (Å²) in [6.07, 6.45) is 3.11. The van der Waals surface area contributed by atoms with Gasteiger partial charge < -0.3 is 14.5 Å². The summed E-state index contributed by atoms with van der Waals surface area (Å²) in [6.45, 7) is 3.22. The van der Waals surface area contributed by atoms with E-state index in [1.54, 1.807) is 6.20 Å². The molecule has 1 aromatic carbocycles. The van der Waals surface area contributed by atoms with Crippen LogP contribution in [0.3, 0.4) is 0 Å². The van der Waals surface area contributed by atoms with Gasteiger partial charge in [-0.25, -0.2) is 4.98 Å². The summed E-state index contributed by atoms with van der Waals surface area (Å²) in [4.78, 5) is 3.86. The molecule has 0 aliphatic carbocycles. The summed E-state index contributed by atoms with van der Waals surface area (Å²) in [5, 5.41) is 3.24. The standard InChI is InChI=1S/C12H14N2O2/c1-2-15-12-6-4-3-5-11(12)14-8-10-7-13-9-16-10/h3-7,9,14H,2,8H2,1H3. The molecule has 0 fully saturated rings. The number of anilines is 1. The molecular formula is C12H14N2O2. The Kier molecular flexibility index (Phi) is 3.43. The van der Waals surface area contributed by atoms with E-state index in [-0.39, 0.29) is 0 Å². The van der Waals surface area contributed by atoms with Crippen LogP contribution in [0.1, 0.15) is 12.7 Å². The van der Waals surface area contributed by atoms with Gasteiger partial charge in [0.1, 0.15) is 11.5 Å². The van der Waals surface area contributed by atoms with Gasteiger partial charge in [0.25, 0.3) is 0 Å². The van der Waals surface area contributed by atoms with Gasteiger partial charge in [-0.2, -0.15) is 0 Å². The second-order valence-electron chi connectivity index (χ2n) is 3.25. The van der Waals surface area contributed by atoms with E-state index < -0.39 is 0 Å². The van der Waals surface area contributed by atoms with Crippen molar-refractivity contribution in [1.82, 2.24) is 4.98 Å². The lowest BCUT2D eigenvalue weighted by Crippen LogP contribution is -2.01. The average molecular weight is 218 g/mol. The molecule has 4 heteroatoms. The third kappa shape index (κ3) is 2.53. The Morgan fingerprint density at radius 3 is 3.00 bits per heavy atom. The number of aromatic nitrogens is 1. The Balaban J connectivity index is 2.03. The first-order valence-corrected chi connectivity index (χ1v) is 5.23. The Bertz CT molecular complexity index is 426. The fourth-order valence-corrected chi connectivity index (χ4v) is 1.41. The van der Waals surface area contributed by atoms with Crippen LogP contribution in [0.2, 0.25) is 0 Å². The fourth-order valence-electron chi connectivity index (χ4n) is 1.41. The third-order valence-corrected chi connectivity index (χ3v) is 2.12. The van der Waals surface area contributed by atoms with Gasteiger partial charge in [-0.3, -0.25) is 0 Å². The molecule has 0 atom stereocenters. The number of benzene rings is 1. The van der Waals surface area contributed by atoms with Crippen LogP contribution in [0, 0.1) is 0 Å². The molecule has 0 amide bonds. The molecule has 1 N–H and O–H groups in total. The Hall–Kier alpha value is -1.97. The lowest BCUT2D eigenvalue weighted by molar-refractivity contribution is 0.341. The van der Waals surface area contributed by atoms with E-state index in [0.29, 0.717) is 13.2 Å². The minimum atomic E-state index is 0.601. The summed E-state index contributed by atoms with van der Waals surface area (Å²) in [5.41, 5.74) is 0.959. The molecule has 0 bridgehead atoms. The van der Waals surface area contributed by atoms with Crippen molar-refractivity contribution in [1.29, 1.82) is 0 Å². The number of nitrogens with zero attached hydrogens (tertiary/aromatic N) is 1. The quantitative estimate of drug-likeness (QED) is 0.838. The number of para-hydroxylation sites is 2. The summed E-state index contributed by atoms with van der Waals surface area (Å²) in [6, 6.07) is 7.82. The van der Waals surface area contributed by atoms with Gasteiger partial charge in [-0.15, -0.1) is 0 Å². The van der Waals surface area contributed by atoms with Crippen molar-refractivity contribution in [3.05, 3.63) is 42.6 Å². The van der Waals surface area contributed by atoms with Gasteiger partial charge in [0, 0.05) is 0 Å². The van der Waals surface area contributed by atoms with Gasteiger partial charge in [-0.1, -0.05) is 12.1 Å². The van der Waals surface area contributed by atoms with Crippen LogP contribution in [0.5, 0.6) is 5.75 Å². The number of oxazole rings is 1. The molecule has 4 nitrogen and oxygen atoms in total. The van der Waals surface area contributed by atoms with E-state index in [0.717, 1.165) is 17.2 Å². The van der Waals surface area contributed by atoms with Crippen molar-refractivity contribution < 1.29 is 9.15 Å². The normalized spacial score (nSPS) is 10.1. The number of nitrogens with one attached hydrogen (secondary N) is 1. The fraction of sp³-hybridized carbons (Fsp3) is 0.250. The van der Waals surface area contributed by atoms with Crippen LogP contribution >= 0.6 is 0 Å². The highest BCUT2D eigenvalue weighted by Crippen LogP contribution is 2.24. The van der Waals surface area contributed by atoms with Gasteiger partial charge in [0.15, 0.2) is 6.39 Å².